The molecule has 1 aromatic carbocycles. The lowest BCUT2D eigenvalue weighted by molar-refractivity contribution is -0.368. The van der Waals surface area contributed by atoms with Crippen LogP contribution in [0.1, 0.15) is 52.7 Å². The summed E-state index contributed by atoms with van der Waals surface area (Å²) in [6, 6.07) is 7.49. The summed E-state index contributed by atoms with van der Waals surface area (Å²) in [6.07, 6.45) is 3.19. The second-order valence-electron chi connectivity index (χ2n) is 8.32. The predicted octanol–water partition coefficient (Wildman–Crippen LogP) is 3.01. The highest BCUT2D eigenvalue weighted by Crippen LogP contribution is 2.27. The van der Waals surface area contributed by atoms with E-state index in [1.165, 1.54) is 0 Å². The fourth-order valence-corrected chi connectivity index (χ4v) is 4.28. The Morgan fingerprint density at radius 1 is 1.16 bits per heavy atom. The summed E-state index contributed by atoms with van der Waals surface area (Å²) in [7, 11) is 0. The van der Waals surface area contributed by atoms with Crippen molar-refractivity contribution in [2.75, 3.05) is 37.6 Å². The molecule has 2 heterocycles. The van der Waals surface area contributed by atoms with Gasteiger partial charge in [-0.25, -0.2) is 4.98 Å². The minimum absolute atomic E-state index is 0.0687. The molecule has 7 heteroatoms. The number of hydrogen-bond acceptors (Lipinski definition) is 4. The molecule has 6 nitrogen and oxygen atoms in total. The molecule has 1 amide bonds. The number of halogens is 1. The fraction of sp³-hybridized carbons (Fsp3) is 0.458. The van der Waals surface area contributed by atoms with Crippen molar-refractivity contribution in [1.29, 1.82) is 0 Å². The van der Waals surface area contributed by atoms with Gasteiger partial charge >= 0.3 is 0 Å². The SMILES string of the molecule is Cc1cnc(N2CCN(C(=O)c3ccc(C(C)C(=O)CCC[NH3+])cc3Cl)CC2)c(C)c1. The van der Waals surface area contributed by atoms with Crippen molar-refractivity contribution in [2.24, 2.45) is 0 Å². The van der Waals surface area contributed by atoms with E-state index in [1.807, 2.05) is 31.0 Å². The van der Waals surface area contributed by atoms with E-state index in [0.717, 1.165) is 48.6 Å². The monoisotopic (exact) mass is 443 g/mol. The van der Waals surface area contributed by atoms with E-state index >= 15 is 0 Å². The van der Waals surface area contributed by atoms with Gasteiger partial charge in [0.05, 0.1) is 17.1 Å². The maximum atomic E-state index is 13.1. The Hall–Kier alpha value is -2.44. The van der Waals surface area contributed by atoms with Gasteiger partial charge in [-0.05, 0) is 42.7 Å². The van der Waals surface area contributed by atoms with Gasteiger partial charge in [0.2, 0.25) is 0 Å². The molecular weight excluding hydrogens is 412 g/mol. The molecule has 2 aromatic rings. The number of piperazine rings is 1. The Bertz CT molecular complexity index is 955. The summed E-state index contributed by atoms with van der Waals surface area (Å²) in [4.78, 5) is 34.0. The molecule has 1 fully saturated rings. The number of benzene rings is 1. The number of anilines is 1. The number of quaternary nitrogens is 1. The van der Waals surface area contributed by atoms with E-state index in [-0.39, 0.29) is 17.6 Å². The number of amides is 1. The predicted molar refractivity (Wildman–Crippen MR) is 124 cm³/mol. The van der Waals surface area contributed by atoms with Gasteiger partial charge in [0, 0.05) is 51.1 Å². The van der Waals surface area contributed by atoms with Crippen LogP contribution in [0, 0.1) is 13.8 Å². The number of aromatic nitrogens is 1. The first-order chi connectivity index (χ1) is 14.8. The van der Waals surface area contributed by atoms with Crippen LogP contribution in [-0.4, -0.2) is 54.3 Å². The molecule has 3 rings (SSSR count). The zero-order valence-corrected chi connectivity index (χ0v) is 19.4. The lowest BCUT2D eigenvalue weighted by atomic mass is 9.93. The summed E-state index contributed by atoms with van der Waals surface area (Å²) in [6.45, 7) is 9.44. The summed E-state index contributed by atoms with van der Waals surface area (Å²) >= 11 is 6.47. The number of carbonyl (C=O) groups is 2. The number of ketones is 1. The minimum atomic E-state index is -0.234. The highest BCUT2D eigenvalue weighted by molar-refractivity contribution is 6.34. The molecule has 1 atom stereocenters. The molecule has 1 aliphatic heterocycles. The van der Waals surface area contributed by atoms with Gasteiger partial charge in [0.15, 0.2) is 0 Å². The summed E-state index contributed by atoms with van der Waals surface area (Å²) in [5.74, 6) is 0.857. The molecule has 3 N–H and O–H groups in total. The van der Waals surface area contributed by atoms with Crippen LogP contribution in [0.3, 0.4) is 0 Å². The van der Waals surface area contributed by atoms with Crippen molar-refractivity contribution in [3.63, 3.8) is 0 Å². The molecule has 0 saturated carbocycles. The molecule has 0 aliphatic carbocycles. The Morgan fingerprint density at radius 2 is 1.87 bits per heavy atom. The number of hydrogen-bond donors (Lipinski definition) is 1. The third kappa shape index (κ3) is 5.43. The van der Waals surface area contributed by atoms with E-state index in [4.69, 9.17) is 11.6 Å². The molecule has 0 radical (unpaired) electrons. The normalized spacial score (nSPS) is 15.1. The van der Waals surface area contributed by atoms with E-state index in [0.29, 0.717) is 30.1 Å². The van der Waals surface area contributed by atoms with Crippen LogP contribution < -0.4 is 10.6 Å². The van der Waals surface area contributed by atoms with Gasteiger partial charge in [0.25, 0.3) is 5.91 Å². The van der Waals surface area contributed by atoms with Gasteiger partial charge in [-0.3, -0.25) is 9.59 Å². The van der Waals surface area contributed by atoms with Crippen molar-refractivity contribution in [1.82, 2.24) is 9.88 Å². The topological polar surface area (TPSA) is 81.2 Å². The smallest absolute Gasteiger partial charge is 0.255 e. The Morgan fingerprint density at radius 3 is 2.48 bits per heavy atom. The third-order valence-corrected chi connectivity index (χ3v) is 6.25. The highest BCUT2D eigenvalue weighted by atomic mass is 35.5. The largest absolute Gasteiger partial charge is 0.358 e. The zero-order chi connectivity index (χ0) is 22.5. The second-order valence-corrected chi connectivity index (χ2v) is 8.72. The molecular formula is C24H32ClN4O2+. The fourth-order valence-electron chi connectivity index (χ4n) is 4.01. The minimum Gasteiger partial charge on any atom is -0.358 e. The Labute approximate surface area is 189 Å². The zero-order valence-electron chi connectivity index (χ0n) is 18.7. The number of pyridine rings is 1. The average molecular weight is 444 g/mol. The van der Waals surface area contributed by atoms with Crippen molar-refractivity contribution < 1.29 is 15.3 Å². The van der Waals surface area contributed by atoms with Gasteiger partial charge in [-0.15, -0.1) is 0 Å². The van der Waals surface area contributed by atoms with Crippen molar-refractivity contribution >= 4 is 29.1 Å². The molecule has 0 spiro atoms. The Balaban J connectivity index is 1.65. The number of Topliss-reactive ketones (excluding diaryl/α,β-unsaturated/α-hetero) is 1. The average Bonchev–Trinajstić information content (AvgIpc) is 2.76. The summed E-state index contributed by atoms with van der Waals surface area (Å²) < 4.78 is 0. The van der Waals surface area contributed by atoms with Gasteiger partial charge in [-0.2, -0.15) is 0 Å². The molecule has 0 bridgehead atoms. The molecule has 1 unspecified atom stereocenters. The molecule has 1 aliphatic rings. The maximum Gasteiger partial charge on any atom is 0.255 e. The molecule has 1 saturated heterocycles. The second kappa shape index (κ2) is 10.2. The van der Waals surface area contributed by atoms with Crippen LogP contribution in [0.4, 0.5) is 5.82 Å². The van der Waals surface area contributed by atoms with E-state index in [2.05, 4.69) is 28.6 Å². The van der Waals surface area contributed by atoms with Crippen LogP contribution in [0.25, 0.3) is 0 Å². The van der Waals surface area contributed by atoms with Crippen LogP contribution in [0.15, 0.2) is 30.5 Å². The summed E-state index contributed by atoms with van der Waals surface area (Å²) in [5.41, 5.74) is 7.42. The van der Waals surface area contributed by atoms with E-state index < -0.39 is 0 Å². The van der Waals surface area contributed by atoms with Gasteiger partial charge in [0.1, 0.15) is 11.6 Å². The number of carbonyl (C=O) groups excluding carboxylic acids is 2. The van der Waals surface area contributed by atoms with Crippen molar-refractivity contribution in [3.8, 4) is 0 Å². The highest BCUT2D eigenvalue weighted by Gasteiger charge is 2.25. The van der Waals surface area contributed by atoms with Gasteiger partial charge in [-0.1, -0.05) is 30.7 Å². The third-order valence-electron chi connectivity index (χ3n) is 5.93. The molecule has 166 valence electrons. The first-order valence-corrected chi connectivity index (χ1v) is 11.3. The maximum absolute atomic E-state index is 13.1. The lowest BCUT2D eigenvalue weighted by Crippen LogP contribution is -2.50. The van der Waals surface area contributed by atoms with Crippen molar-refractivity contribution in [2.45, 2.75) is 39.5 Å². The molecule has 31 heavy (non-hydrogen) atoms. The van der Waals surface area contributed by atoms with Crippen LogP contribution in [-0.2, 0) is 4.79 Å². The lowest BCUT2D eigenvalue weighted by Gasteiger charge is -2.36. The van der Waals surface area contributed by atoms with Crippen LogP contribution in [0.5, 0.6) is 0 Å². The first-order valence-electron chi connectivity index (χ1n) is 10.9. The van der Waals surface area contributed by atoms with Crippen LogP contribution in [0.2, 0.25) is 5.02 Å². The Kier molecular flexibility index (Phi) is 7.68. The molecule has 1 aromatic heterocycles. The van der Waals surface area contributed by atoms with Crippen molar-refractivity contribution in [3.05, 3.63) is 57.7 Å². The van der Waals surface area contributed by atoms with E-state index in [1.54, 1.807) is 12.1 Å². The number of aryl methyl sites for hydroxylation is 2. The number of nitrogens with zero attached hydrogens (tertiary/aromatic N) is 3. The standard InChI is InChI=1S/C24H31ClN4O2/c1-16-13-17(2)23(27-15-16)28-9-11-29(12-10-28)24(31)20-7-6-19(14-21(20)25)18(3)22(30)5-4-8-26/h6-7,13-15,18H,4-5,8-12,26H2,1-3H3/p+1. The number of rotatable bonds is 7. The first kappa shape index (κ1) is 23.2. The van der Waals surface area contributed by atoms with Crippen LogP contribution >= 0.6 is 11.6 Å². The van der Waals surface area contributed by atoms with Gasteiger partial charge < -0.3 is 15.5 Å². The quantitative estimate of drug-likeness (QED) is 0.713. The van der Waals surface area contributed by atoms with E-state index in [9.17, 15) is 9.59 Å². The summed E-state index contributed by atoms with van der Waals surface area (Å²) in [5, 5.41) is 0.401.